The van der Waals surface area contributed by atoms with E-state index in [1.165, 1.54) is 12.1 Å². The monoisotopic (exact) mass is 435 g/mol. The molecule has 2 atom stereocenters. The van der Waals surface area contributed by atoms with Crippen molar-refractivity contribution in [2.24, 2.45) is 0 Å². The number of carbonyl (C=O) groups excluding carboxylic acids is 1. The van der Waals surface area contributed by atoms with Crippen LogP contribution in [0.3, 0.4) is 0 Å². The molecule has 1 fully saturated rings. The molecular weight excluding hydrogens is 409 g/mol. The molecule has 0 radical (unpaired) electrons. The van der Waals surface area contributed by atoms with Gasteiger partial charge in [0.05, 0.1) is 11.1 Å². The van der Waals surface area contributed by atoms with Crippen molar-refractivity contribution in [3.8, 4) is 5.75 Å². The molecule has 8 heteroatoms. The number of hydrogen-bond donors (Lipinski definition) is 2. The van der Waals surface area contributed by atoms with Crippen molar-refractivity contribution in [1.82, 2.24) is 9.80 Å². The smallest absolute Gasteiger partial charge is 0.241 e. The molecule has 1 aliphatic heterocycles. The number of ether oxygens (including phenoxy) is 1. The summed E-state index contributed by atoms with van der Waals surface area (Å²) in [4.78, 5) is 16.7. The van der Waals surface area contributed by atoms with Crippen LogP contribution >= 0.6 is 11.6 Å². The highest BCUT2D eigenvalue weighted by atomic mass is 35.5. The van der Waals surface area contributed by atoms with Crippen LogP contribution in [0.15, 0.2) is 48.5 Å². The first-order valence-corrected chi connectivity index (χ1v) is 10.4. The number of nitrogens with zero attached hydrogens (tertiary/aromatic N) is 2. The molecule has 6 nitrogen and oxygen atoms in total. The highest BCUT2D eigenvalue weighted by Gasteiger charge is 2.26. The molecule has 0 bridgehead atoms. The normalized spacial score (nSPS) is 17.3. The topological polar surface area (TPSA) is 65.0 Å². The Labute approximate surface area is 181 Å². The molecule has 1 aliphatic rings. The second kappa shape index (κ2) is 10.7. The van der Waals surface area contributed by atoms with Crippen molar-refractivity contribution in [3.63, 3.8) is 0 Å². The Balaban J connectivity index is 1.40. The fraction of sp³-hybridized carbons (Fsp3) is 0.409. The summed E-state index contributed by atoms with van der Waals surface area (Å²) in [7, 11) is 0. The maximum atomic E-state index is 13.3. The first kappa shape index (κ1) is 22.5. The lowest BCUT2D eigenvalue weighted by Crippen LogP contribution is -2.54. The standard InChI is InChI=1S/C22H27ClFN3O3/c1-16(22(29)25-18-6-4-5-17(24)13-18)27-11-9-26(10-12-27)14-19(28)15-30-21-8-3-2-7-20(21)23/h2-8,13,16,19,28H,9-12,14-15H2,1H3,(H,25,29). The quantitative estimate of drug-likeness (QED) is 0.667. The highest BCUT2D eigenvalue weighted by Crippen LogP contribution is 2.23. The molecule has 30 heavy (non-hydrogen) atoms. The summed E-state index contributed by atoms with van der Waals surface area (Å²) in [6.07, 6.45) is -0.637. The molecule has 162 valence electrons. The number of carbonyl (C=O) groups is 1. The van der Waals surface area contributed by atoms with Crippen molar-refractivity contribution in [1.29, 1.82) is 0 Å². The van der Waals surface area contributed by atoms with Gasteiger partial charge in [-0.2, -0.15) is 0 Å². The lowest BCUT2D eigenvalue weighted by molar-refractivity contribution is -0.121. The average Bonchev–Trinajstić information content (AvgIpc) is 2.73. The molecule has 2 aromatic carbocycles. The van der Waals surface area contributed by atoms with Gasteiger partial charge in [0.2, 0.25) is 5.91 Å². The van der Waals surface area contributed by atoms with Gasteiger partial charge >= 0.3 is 0 Å². The highest BCUT2D eigenvalue weighted by molar-refractivity contribution is 6.32. The van der Waals surface area contributed by atoms with Gasteiger partial charge in [0.25, 0.3) is 0 Å². The largest absolute Gasteiger partial charge is 0.489 e. The second-order valence-corrected chi connectivity index (χ2v) is 7.81. The minimum absolute atomic E-state index is 0.163. The molecule has 1 saturated heterocycles. The van der Waals surface area contributed by atoms with Crippen LogP contribution < -0.4 is 10.1 Å². The summed E-state index contributed by atoms with van der Waals surface area (Å²) in [6.45, 7) is 5.38. The maximum absolute atomic E-state index is 13.3. The number of hydrogen-bond acceptors (Lipinski definition) is 5. The van der Waals surface area contributed by atoms with Gasteiger partial charge in [-0.3, -0.25) is 14.6 Å². The van der Waals surface area contributed by atoms with Gasteiger partial charge in [-0.15, -0.1) is 0 Å². The third kappa shape index (κ3) is 6.40. The van der Waals surface area contributed by atoms with Crippen LogP contribution in [0.1, 0.15) is 6.92 Å². The zero-order chi connectivity index (χ0) is 21.5. The van der Waals surface area contributed by atoms with E-state index in [9.17, 15) is 14.3 Å². The zero-order valence-electron chi connectivity index (χ0n) is 16.9. The number of nitrogens with one attached hydrogen (secondary N) is 1. The van der Waals surface area contributed by atoms with Gasteiger partial charge in [0, 0.05) is 38.4 Å². The molecule has 1 heterocycles. The van der Waals surface area contributed by atoms with Crippen molar-refractivity contribution >= 4 is 23.2 Å². The zero-order valence-corrected chi connectivity index (χ0v) is 17.7. The van der Waals surface area contributed by atoms with Crippen LogP contribution in [0.25, 0.3) is 0 Å². The first-order valence-electron chi connectivity index (χ1n) is 10.0. The minimum atomic E-state index is -0.637. The SMILES string of the molecule is CC(C(=O)Nc1cccc(F)c1)N1CCN(CC(O)COc2ccccc2Cl)CC1. The second-order valence-electron chi connectivity index (χ2n) is 7.41. The summed E-state index contributed by atoms with van der Waals surface area (Å²) in [5.41, 5.74) is 0.451. The summed E-state index contributed by atoms with van der Waals surface area (Å²) in [5, 5.41) is 13.6. The number of piperazine rings is 1. The third-order valence-corrected chi connectivity index (χ3v) is 5.48. The van der Waals surface area contributed by atoms with Gasteiger partial charge in [0.15, 0.2) is 0 Å². The van der Waals surface area contributed by atoms with Crippen LogP contribution in [0.2, 0.25) is 5.02 Å². The van der Waals surface area contributed by atoms with E-state index in [4.69, 9.17) is 16.3 Å². The van der Waals surface area contributed by atoms with Crippen LogP contribution in [-0.4, -0.2) is 72.3 Å². The Morgan fingerprint density at radius 1 is 1.20 bits per heavy atom. The number of anilines is 1. The molecule has 2 unspecified atom stereocenters. The van der Waals surface area contributed by atoms with E-state index >= 15 is 0 Å². The average molecular weight is 436 g/mol. The van der Waals surface area contributed by atoms with Gasteiger partial charge in [-0.05, 0) is 37.3 Å². The Bertz CT molecular complexity index is 846. The number of benzene rings is 2. The molecule has 1 amide bonds. The summed E-state index contributed by atoms with van der Waals surface area (Å²) >= 11 is 6.06. The van der Waals surface area contributed by atoms with E-state index in [0.717, 1.165) is 13.1 Å². The molecule has 0 saturated carbocycles. The number of para-hydroxylation sites is 1. The van der Waals surface area contributed by atoms with E-state index in [1.54, 1.807) is 24.3 Å². The lowest BCUT2D eigenvalue weighted by Gasteiger charge is -2.38. The minimum Gasteiger partial charge on any atom is -0.489 e. The van der Waals surface area contributed by atoms with Gasteiger partial charge in [-0.1, -0.05) is 29.8 Å². The van der Waals surface area contributed by atoms with E-state index in [2.05, 4.69) is 15.1 Å². The molecule has 0 aromatic heterocycles. The van der Waals surface area contributed by atoms with Crippen molar-refractivity contribution < 1.29 is 19.0 Å². The fourth-order valence-electron chi connectivity index (χ4n) is 3.41. The molecule has 0 aliphatic carbocycles. The van der Waals surface area contributed by atoms with Gasteiger partial charge in [0.1, 0.15) is 24.3 Å². The van der Waals surface area contributed by atoms with Gasteiger partial charge < -0.3 is 15.2 Å². The van der Waals surface area contributed by atoms with E-state index < -0.39 is 6.10 Å². The third-order valence-electron chi connectivity index (χ3n) is 5.16. The molecule has 3 rings (SSSR count). The van der Waals surface area contributed by atoms with Crippen LogP contribution in [0, 0.1) is 5.82 Å². The van der Waals surface area contributed by atoms with Crippen molar-refractivity contribution in [2.75, 3.05) is 44.6 Å². The van der Waals surface area contributed by atoms with Crippen molar-refractivity contribution in [3.05, 3.63) is 59.4 Å². The van der Waals surface area contributed by atoms with E-state index in [0.29, 0.717) is 36.1 Å². The number of halogens is 2. The molecule has 0 spiro atoms. The summed E-state index contributed by atoms with van der Waals surface area (Å²) in [5.74, 6) is 0.00883. The van der Waals surface area contributed by atoms with Crippen molar-refractivity contribution in [2.45, 2.75) is 19.1 Å². The summed E-state index contributed by atoms with van der Waals surface area (Å²) in [6, 6.07) is 12.7. The molecule has 2 aromatic rings. The summed E-state index contributed by atoms with van der Waals surface area (Å²) < 4.78 is 18.9. The first-order chi connectivity index (χ1) is 14.4. The van der Waals surface area contributed by atoms with Crippen LogP contribution in [0.5, 0.6) is 5.75 Å². The maximum Gasteiger partial charge on any atom is 0.241 e. The number of rotatable bonds is 8. The van der Waals surface area contributed by atoms with E-state index in [-0.39, 0.29) is 24.4 Å². The Morgan fingerprint density at radius 2 is 1.93 bits per heavy atom. The van der Waals surface area contributed by atoms with Gasteiger partial charge in [-0.25, -0.2) is 4.39 Å². The number of β-amino-alcohol motifs (C(OH)–C–C–N with tert-alkyl or cyclic N) is 1. The van der Waals surface area contributed by atoms with E-state index in [1.807, 2.05) is 19.1 Å². The Morgan fingerprint density at radius 3 is 2.63 bits per heavy atom. The predicted octanol–water partition coefficient (Wildman–Crippen LogP) is 2.86. The lowest BCUT2D eigenvalue weighted by atomic mass is 10.2. The Hall–Kier alpha value is -2.19. The number of aliphatic hydroxyl groups excluding tert-OH is 1. The predicted molar refractivity (Wildman–Crippen MR) is 115 cm³/mol. The number of amides is 1. The molecular formula is C22H27ClFN3O3. The fourth-order valence-corrected chi connectivity index (χ4v) is 3.60. The number of aliphatic hydroxyl groups is 1. The van der Waals surface area contributed by atoms with Crippen LogP contribution in [0.4, 0.5) is 10.1 Å². The molecule has 2 N–H and O–H groups in total. The van der Waals surface area contributed by atoms with Crippen LogP contribution in [-0.2, 0) is 4.79 Å². The Kier molecular flexibility index (Phi) is 8.04.